The molecular formula is C40H60O14. The van der Waals surface area contributed by atoms with Crippen molar-refractivity contribution in [3.8, 4) is 0 Å². The molecule has 1 aromatic heterocycles. The third kappa shape index (κ3) is 7.40. The summed E-state index contributed by atoms with van der Waals surface area (Å²) in [5.74, 6) is 0.0491. The molecule has 2 saturated carbocycles. The number of aliphatic hydroxyl groups excluding tert-OH is 3. The average Bonchev–Trinajstić information content (AvgIpc) is 3.57. The van der Waals surface area contributed by atoms with Gasteiger partial charge in [-0.15, -0.1) is 0 Å². The van der Waals surface area contributed by atoms with Gasteiger partial charge < -0.3 is 62.7 Å². The van der Waals surface area contributed by atoms with E-state index < -0.39 is 97.0 Å². The first-order valence-electron chi connectivity index (χ1n) is 19.7. The molecule has 4 heterocycles. The van der Waals surface area contributed by atoms with E-state index in [9.17, 15) is 25.2 Å². The van der Waals surface area contributed by atoms with Crippen LogP contribution in [-0.2, 0) is 48.3 Å². The fourth-order valence-electron chi connectivity index (χ4n) is 10.4. The highest BCUT2D eigenvalue weighted by atomic mass is 16.7. The monoisotopic (exact) mass is 764 g/mol. The third-order valence-corrected chi connectivity index (χ3v) is 13.5. The van der Waals surface area contributed by atoms with Gasteiger partial charge in [0.05, 0.1) is 55.1 Å². The van der Waals surface area contributed by atoms with Gasteiger partial charge in [0.1, 0.15) is 24.1 Å². The van der Waals surface area contributed by atoms with Crippen LogP contribution in [0.5, 0.6) is 0 Å². The average molecular weight is 765 g/mol. The van der Waals surface area contributed by atoms with E-state index in [1.807, 2.05) is 13.8 Å². The molecule has 0 aromatic carbocycles. The van der Waals surface area contributed by atoms with Crippen molar-refractivity contribution in [2.75, 3.05) is 14.2 Å². The molecular weight excluding hydrogens is 704 g/mol. The fraction of sp³-hybridized carbons (Fsp3) is 0.825. The van der Waals surface area contributed by atoms with Crippen LogP contribution in [-0.4, -0.2) is 126 Å². The molecule has 18 atom stereocenters. The first-order valence-corrected chi connectivity index (χ1v) is 19.7. The minimum absolute atomic E-state index is 0.00114. The SMILES string of the molecule is COC1CC(OC2C(O)CC(OC3C(C)OC(OC4CC5=CCC6C(=O)C(O)(c7ccoc7C)CCC6C5(C)CC4O)CC3OC)OC2C)OC(C)C1O. The Morgan fingerprint density at radius 2 is 1.44 bits per heavy atom. The lowest BCUT2D eigenvalue weighted by molar-refractivity contribution is -0.338. The number of carbonyl (C=O) groups excluding carboxylic acids is 1. The molecule has 14 nitrogen and oxygen atoms in total. The maximum Gasteiger partial charge on any atom is 0.172 e. The highest BCUT2D eigenvalue weighted by molar-refractivity contribution is 5.92. The first kappa shape index (κ1) is 40.4. The minimum atomic E-state index is -1.56. The summed E-state index contributed by atoms with van der Waals surface area (Å²) in [5.41, 5.74) is -0.237. The van der Waals surface area contributed by atoms with E-state index in [2.05, 4.69) is 13.0 Å². The van der Waals surface area contributed by atoms with Gasteiger partial charge in [-0.3, -0.25) is 4.79 Å². The first-order chi connectivity index (χ1) is 25.7. The summed E-state index contributed by atoms with van der Waals surface area (Å²) in [5, 5.41) is 44.6. The number of allylic oxidation sites excluding steroid dienone is 1. The zero-order valence-electron chi connectivity index (χ0n) is 32.5. The van der Waals surface area contributed by atoms with Crippen LogP contribution in [0, 0.1) is 24.2 Å². The van der Waals surface area contributed by atoms with Crippen molar-refractivity contribution in [3.63, 3.8) is 0 Å². The summed E-state index contributed by atoms with van der Waals surface area (Å²) >= 11 is 0. The lowest BCUT2D eigenvalue weighted by Crippen LogP contribution is -2.57. The number of ketones is 1. The van der Waals surface area contributed by atoms with Gasteiger partial charge >= 0.3 is 0 Å². The number of methoxy groups -OCH3 is 2. The van der Waals surface area contributed by atoms with Crippen molar-refractivity contribution in [1.82, 2.24) is 0 Å². The van der Waals surface area contributed by atoms with Crippen LogP contribution in [0.1, 0.15) is 90.4 Å². The van der Waals surface area contributed by atoms with Gasteiger partial charge in [-0.25, -0.2) is 0 Å². The maximum absolute atomic E-state index is 13.9. The molecule has 0 amide bonds. The summed E-state index contributed by atoms with van der Waals surface area (Å²) in [4.78, 5) is 13.9. The van der Waals surface area contributed by atoms with Gasteiger partial charge in [0.2, 0.25) is 0 Å². The summed E-state index contributed by atoms with van der Waals surface area (Å²) in [7, 11) is 3.15. The van der Waals surface area contributed by atoms with Gasteiger partial charge in [0.25, 0.3) is 0 Å². The Labute approximate surface area is 317 Å². The van der Waals surface area contributed by atoms with Gasteiger partial charge in [0.15, 0.2) is 30.3 Å². The molecule has 18 unspecified atom stereocenters. The Hall–Kier alpha value is -1.79. The van der Waals surface area contributed by atoms with E-state index in [4.69, 9.17) is 42.3 Å². The molecule has 1 aromatic rings. The van der Waals surface area contributed by atoms with E-state index in [-0.39, 0.29) is 24.0 Å². The molecule has 304 valence electrons. The molecule has 54 heavy (non-hydrogen) atoms. The van der Waals surface area contributed by atoms with Gasteiger partial charge in [-0.1, -0.05) is 18.6 Å². The number of aryl methyl sites for hydroxylation is 1. The molecule has 3 aliphatic carbocycles. The highest BCUT2D eigenvalue weighted by Gasteiger charge is 2.58. The van der Waals surface area contributed by atoms with Crippen LogP contribution in [0.15, 0.2) is 28.4 Å². The number of ether oxygens (including phenoxy) is 8. The van der Waals surface area contributed by atoms with Crippen molar-refractivity contribution < 1.29 is 67.5 Å². The summed E-state index contributed by atoms with van der Waals surface area (Å²) in [6.45, 7) is 9.36. The number of fused-ring (bicyclic) bond motifs is 3. The quantitative estimate of drug-likeness (QED) is 0.269. The van der Waals surface area contributed by atoms with Crippen LogP contribution < -0.4 is 0 Å². The number of hydrogen-bond donors (Lipinski definition) is 4. The molecule has 4 N–H and O–H groups in total. The number of Topliss-reactive ketones (excluding diaryl/α,β-unsaturated/α-hetero) is 1. The van der Waals surface area contributed by atoms with E-state index in [0.29, 0.717) is 56.3 Å². The lowest BCUT2D eigenvalue weighted by Gasteiger charge is -2.55. The maximum atomic E-state index is 13.9. The Kier molecular flexibility index (Phi) is 11.9. The molecule has 0 bridgehead atoms. The van der Waals surface area contributed by atoms with Crippen molar-refractivity contribution >= 4 is 5.78 Å². The molecule has 0 radical (unpaired) electrons. The number of hydrogen-bond acceptors (Lipinski definition) is 14. The van der Waals surface area contributed by atoms with Crippen molar-refractivity contribution in [2.24, 2.45) is 17.3 Å². The Morgan fingerprint density at radius 1 is 0.815 bits per heavy atom. The number of rotatable bonds is 9. The molecule has 3 aliphatic heterocycles. The number of carbonyl (C=O) groups is 1. The molecule has 0 spiro atoms. The number of aliphatic hydroxyl groups is 4. The van der Waals surface area contributed by atoms with Gasteiger partial charge in [0, 0.05) is 45.0 Å². The fourth-order valence-corrected chi connectivity index (χ4v) is 10.4. The Bertz CT molecular complexity index is 1490. The molecule has 14 heteroatoms. The standard InChI is InChI=1S/C40H60O14/c1-19-25(11-13-48-19)40(45)12-10-26-24(38(40)44)9-8-23-14-29(28(42)18-39(23,26)5)52-33-17-31(47-7)37(22(4)51-33)54-32-15-27(41)36(21(3)50-32)53-34-16-30(46-6)35(43)20(2)49-34/h8,11,13,20-22,24,26-37,41-43,45H,9-10,12,14-18H2,1-7H3. The second kappa shape index (κ2) is 15.9. The molecule has 5 fully saturated rings. The zero-order chi connectivity index (χ0) is 38.7. The second-order valence-corrected chi connectivity index (χ2v) is 16.7. The second-order valence-electron chi connectivity index (χ2n) is 16.7. The normalized spacial score (nSPS) is 48.5. The summed E-state index contributed by atoms with van der Waals surface area (Å²) in [6, 6.07) is 1.70. The number of furan rings is 1. The van der Waals surface area contributed by atoms with Crippen molar-refractivity contribution in [1.29, 1.82) is 0 Å². The van der Waals surface area contributed by atoms with Crippen LogP contribution in [0.2, 0.25) is 0 Å². The van der Waals surface area contributed by atoms with Gasteiger partial charge in [-0.05, 0) is 77.2 Å². The van der Waals surface area contributed by atoms with E-state index >= 15 is 0 Å². The molecule has 3 saturated heterocycles. The zero-order valence-corrected chi connectivity index (χ0v) is 32.5. The van der Waals surface area contributed by atoms with E-state index in [1.54, 1.807) is 27.0 Å². The smallest absolute Gasteiger partial charge is 0.172 e. The predicted molar refractivity (Wildman–Crippen MR) is 190 cm³/mol. The van der Waals surface area contributed by atoms with E-state index in [1.165, 1.54) is 18.9 Å². The lowest BCUT2D eigenvalue weighted by atomic mass is 9.51. The van der Waals surface area contributed by atoms with Gasteiger partial charge in [-0.2, -0.15) is 0 Å². The van der Waals surface area contributed by atoms with Crippen LogP contribution in [0.4, 0.5) is 0 Å². The topological polar surface area (TPSA) is 185 Å². The van der Waals surface area contributed by atoms with Crippen LogP contribution in [0.25, 0.3) is 0 Å². The van der Waals surface area contributed by atoms with Crippen molar-refractivity contribution in [3.05, 3.63) is 35.3 Å². The summed E-state index contributed by atoms with van der Waals surface area (Å²) < 4.78 is 54.1. The van der Waals surface area contributed by atoms with Crippen LogP contribution in [0.3, 0.4) is 0 Å². The van der Waals surface area contributed by atoms with Crippen LogP contribution >= 0.6 is 0 Å². The third-order valence-electron chi connectivity index (χ3n) is 13.5. The summed E-state index contributed by atoms with van der Waals surface area (Å²) in [6.07, 6.45) is -1.61. The molecule has 7 rings (SSSR count). The van der Waals surface area contributed by atoms with Crippen molar-refractivity contribution in [2.45, 2.75) is 178 Å². The minimum Gasteiger partial charge on any atom is -0.469 e. The predicted octanol–water partition coefficient (Wildman–Crippen LogP) is 3.17. The Balaban J connectivity index is 0.940. The largest absolute Gasteiger partial charge is 0.469 e. The Morgan fingerprint density at radius 3 is 2.11 bits per heavy atom. The van der Waals surface area contributed by atoms with E-state index in [0.717, 1.165) is 0 Å². The molecule has 6 aliphatic rings. The highest BCUT2D eigenvalue weighted by Crippen LogP contribution is 2.58.